The molecule has 0 heterocycles. The number of benzene rings is 3. The molecule has 0 unspecified atom stereocenters. The average Bonchev–Trinajstić information content (AvgIpc) is 2.78. The fourth-order valence-electron chi connectivity index (χ4n) is 3.02. The molecule has 1 N–H and O–H groups in total. The highest BCUT2D eigenvalue weighted by Gasteiger charge is 2.29. The number of para-hydroxylation sites is 2. The Labute approximate surface area is 208 Å². The van der Waals surface area contributed by atoms with Gasteiger partial charge in [-0.15, -0.1) is 0 Å². The Morgan fingerprint density at radius 2 is 1.64 bits per heavy atom. The van der Waals surface area contributed by atoms with Gasteiger partial charge >= 0.3 is 0 Å². The van der Waals surface area contributed by atoms with E-state index in [2.05, 4.69) is 5.32 Å². The summed E-state index contributed by atoms with van der Waals surface area (Å²) in [5, 5.41) is 3.98. The quantitative estimate of drug-likeness (QED) is 0.395. The monoisotopic (exact) mass is 526 g/mol. The second-order valence-electron chi connectivity index (χ2n) is 6.88. The lowest BCUT2D eigenvalue weighted by Crippen LogP contribution is -2.41. The Hall–Kier alpha value is -2.45. The van der Waals surface area contributed by atoms with Crippen LogP contribution in [0.5, 0.6) is 5.75 Å². The topological polar surface area (TPSA) is 75.7 Å². The number of hydrogen-bond donors (Lipinski definition) is 1. The molecule has 0 saturated carbocycles. The standard InChI is InChI=1S/C23H21Cl3N2O4S/c1-2-32-22-6-4-3-5-21(22)28(33(30,31)19-11-9-17(24)10-12-19)15-23(29)27-14-16-7-8-18(25)13-20(16)26/h3-13H,2,14-15H2,1H3,(H,27,29). The van der Waals surface area contributed by atoms with Crippen molar-refractivity contribution in [3.63, 3.8) is 0 Å². The van der Waals surface area contributed by atoms with Crippen molar-refractivity contribution in [3.8, 4) is 5.75 Å². The average molecular weight is 528 g/mol. The van der Waals surface area contributed by atoms with Gasteiger partial charge in [-0.2, -0.15) is 0 Å². The molecule has 1 amide bonds. The lowest BCUT2D eigenvalue weighted by Gasteiger charge is -2.26. The van der Waals surface area contributed by atoms with Crippen LogP contribution in [0.4, 0.5) is 5.69 Å². The Balaban J connectivity index is 1.92. The van der Waals surface area contributed by atoms with E-state index in [4.69, 9.17) is 39.5 Å². The summed E-state index contributed by atoms with van der Waals surface area (Å²) in [5.41, 5.74) is 0.894. The molecule has 0 aliphatic carbocycles. The van der Waals surface area contributed by atoms with Gasteiger partial charge in [-0.05, 0) is 61.0 Å². The van der Waals surface area contributed by atoms with Crippen LogP contribution >= 0.6 is 34.8 Å². The fourth-order valence-corrected chi connectivity index (χ4v) is 5.05. The van der Waals surface area contributed by atoms with Crippen molar-refractivity contribution in [2.75, 3.05) is 17.5 Å². The second-order valence-corrected chi connectivity index (χ2v) is 10.0. The highest BCUT2D eigenvalue weighted by Crippen LogP contribution is 2.32. The minimum atomic E-state index is -4.11. The van der Waals surface area contributed by atoms with Gasteiger partial charge in [0.05, 0.1) is 17.2 Å². The number of sulfonamides is 1. The van der Waals surface area contributed by atoms with E-state index in [1.54, 1.807) is 49.4 Å². The molecule has 0 saturated heterocycles. The zero-order valence-electron chi connectivity index (χ0n) is 17.6. The first kappa shape index (κ1) is 25.2. The van der Waals surface area contributed by atoms with Gasteiger partial charge in [0.1, 0.15) is 12.3 Å². The van der Waals surface area contributed by atoms with Crippen molar-refractivity contribution < 1.29 is 17.9 Å². The maximum absolute atomic E-state index is 13.5. The Morgan fingerprint density at radius 1 is 0.970 bits per heavy atom. The van der Waals surface area contributed by atoms with E-state index in [1.807, 2.05) is 0 Å². The SMILES string of the molecule is CCOc1ccccc1N(CC(=O)NCc1ccc(Cl)cc1Cl)S(=O)(=O)c1ccc(Cl)cc1. The van der Waals surface area contributed by atoms with Crippen molar-refractivity contribution in [2.24, 2.45) is 0 Å². The molecule has 0 spiro atoms. The van der Waals surface area contributed by atoms with Gasteiger partial charge in [-0.25, -0.2) is 8.42 Å². The summed E-state index contributed by atoms with van der Waals surface area (Å²) in [6.45, 7) is 1.75. The summed E-state index contributed by atoms with van der Waals surface area (Å²) in [5.74, 6) is -0.184. The van der Waals surface area contributed by atoms with E-state index in [0.29, 0.717) is 33.0 Å². The summed E-state index contributed by atoms with van der Waals surface area (Å²) in [6, 6.07) is 17.3. The Bertz CT molecular complexity index is 1230. The van der Waals surface area contributed by atoms with Crippen LogP contribution in [-0.2, 0) is 21.4 Å². The molecule has 33 heavy (non-hydrogen) atoms. The minimum Gasteiger partial charge on any atom is -0.492 e. The first-order valence-electron chi connectivity index (χ1n) is 9.93. The molecule has 0 atom stereocenters. The summed E-state index contributed by atoms with van der Waals surface area (Å²) in [7, 11) is -4.11. The molecule has 0 aliphatic heterocycles. The first-order chi connectivity index (χ1) is 15.7. The largest absolute Gasteiger partial charge is 0.492 e. The highest BCUT2D eigenvalue weighted by atomic mass is 35.5. The molecule has 0 aliphatic rings. The van der Waals surface area contributed by atoms with Crippen LogP contribution in [0, 0.1) is 0 Å². The number of halogens is 3. The van der Waals surface area contributed by atoms with Crippen molar-refractivity contribution in [2.45, 2.75) is 18.4 Å². The highest BCUT2D eigenvalue weighted by molar-refractivity contribution is 7.92. The zero-order valence-corrected chi connectivity index (χ0v) is 20.7. The van der Waals surface area contributed by atoms with Crippen LogP contribution in [0.25, 0.3) is 0 Å². The number of anilines is 1. The summed E-state index contributed by atoms with van der Waals surface area (Å²) in [6.07, 6.45) is 0. The van der Waals surface area contributed by atoms with Gasteiger partial charge in [0.15, 0.2) is 0 Å². The van der Waals surface area contributed by atoms with Gasteiger partial charge in [0, 0.05) is 21.6 Å². The molecular formula is C23H21Cl3N2O4S. The normalized spacial score (nSPS) is 11.2. The minimum absolute atomic E-state index is 0.00764. The van der Waals surface area contributed by atoms with E-state index < -0.39 is 22.5 Å². The molecule has 3 rings (SSSR count). The maximum atomic E-state index is 13.5. The van der Waals surface area contributed by atoms with Crippen LogP contribution in [-0.4, -0.2) is 27.5 Å². The number of nitrogens with one attached hydrogen (secondary N) is 1. The van der Waals surface area contributed by atoms with Crippen LogP contribution in [0.15, 0.2) is 71.6 Å². The van der Waals surface area contributed by atoms with Crippen LogP contribution < -0.4 is 14.4 Å². The molecule has 0 bridgehead atoms. The number of amides is 1. The maximum Gasteiger partial charge on any atom is 0.264 e. The molecule has 174 valence electrons. The van der Waals surface area contributed by atoms with E-state index in [1.165, 1.54) is 24.3 Å². The predicted octanol–water partition coefficient (Wildman–Crippen LogP) is 5.56. The Morgan fingerprint density at radius 3 is 2.30 bits per heavy atom. The third-order valence-electron chi connectivity index (χ3n) is 4.61. The summed E-state index contributed by atoms with van der Waals surface area (Å²) in [4.78, 5) is 12.8. The van der Waals surface area contributed by atoms with Gasteiger partial charge in [-0.1, -0.05) is 53.0 Å². The molecule has 6 nitrogen and oxygen atoms in total. The third kappa shape index (κ3) is 6.32. The van der Waals surface area contributed by atoms with Gasteiger partial charge < -0.3 is 10.1 Å². The van der Waals surface area contributed by atoms with E-state index in [-0.39, 0.29) is 17.1 Å². The van der Waals surface area contributed by atoms with Crippen LogP contribution in [0.3, 0.4) is 0 Å². The van der Waals surface area contributed by atoms with Gasteiger partial charge in [0.2, 0.25) is 5.91 Å². The molecule has 3 aromatic carbocycles. The number of rotatable bonds is 9. The number of nitrogens with zero attached hydrogens (tertiary/aromatic N) is 1. The zero-order chi connectivity index (χ0) is 24.0. The first-order valence-corrected chi connectivity index (χ1v) is 12.5. The second kappa shape index (κ2) is 11.1. The molecule has 0 aromatic heterocycles. The fraction of sp³-hybridized carbons (Fsp3) is 0.174. The van der Waals surface area contributed by atoms with Crippen LogP contribution in [0.1, 0.15) is 12.5 Å². The van der Waals surface area contributed by atoms with E-state index in [0.717, 1.165) is 4.31 Å². The number of carbonyl (C=O) groups excluding carboxylic acids is 1. The summed E-state index contributed by atoms with van der Waals surface area (Å²) < 4.78 is 33.7. The molecule has 3 aromatic rings. The number of carbonyl (C=O) groups is 1. The number of hydrogen-bond acceptors (Lipinski definition) is 4. The lowest BCUT2D eigenvalue weighted by atomic mass is 10.2. The summed E-state index contributed by atoms with van der Waals surface area (Å²) >= 11 is 18.0. The van der Waals surface area contributed by atoms with E-state index >= 15 is 0 Å². The third-order valence-corrected chi connectivity index (χ3v) is 7.23. The predicted molar refractivity (Wildman–Crippen MR) is 132 cm³/mol. The number of ether oxygens (including phenoxy) is 1. The Kier molecular flexibility index (Phi) is 8.48. The van der Waals surface area contributed by atoms with E-state index in [9.17, 15) is 13.2 Å². The lowest BCUT2D eigenvalue weighted by molar-refractivity contribution is -0.119. The molecular weight excluding hydrogens is 507 g/mol. The van der Waals surface area contributed by atoms with Crippen molar-refractivity contribution in [3.05, 3.63) is 87.4 Å². The molecule has 0 fully saturated rings. The van der Waals surface area contributed by atoms with Crippen molar-refractivity contribution in [1.29, 1.82) is 0 Å². The van der Waals surface area contributed by atoms with Crippen molar-refractivity contribution >= 4 is 56.4 Å². The van der Waals surface area contributed by atoms with Crippen molar-refractivity contribution in [1.82, 2.24) is 5.32 Å². The van der Waals surface area contributed by atoms with Gasteiger partial charge in [0.25, 0.3) is 10.0 Å². The smallest absolute Gasteiger partial charge is 0.264 e. The molecule has 0 radical (unpaired) electrons. The molecule has 10 heteroatoms. The van der Waals surface area contributed by atoms with Crippen LogP contribution in [0.2, 0.25) is 15.1 Å². The van der Waals surface area contributed by atoms with Gasteiger partial charge in [-0.3, -0.25) is 9.10 Å².